The number of aryl methyl sites for hydroxylation is 1. The number of carbonyl (C=O) groups excluding carboxylic acids is 3. The van der Waals surface area contributed by atoms with Crippen molar-refractivity contribution in [1.82, 2.24) is 15.2 Å². The summed E-state index contributed by atoms with van der Waals surface area (Å²) in [5.41, 5.74) is 2.25. The number of hydrogen-bond donors (Lipinski definition) is 2. The van der Waals surface area contributed by atoms with Crippen molar-refractivity contribution in [3.63, 3.8) is 0 Å². The molecule has 7 nitrogen and oxygen atoms in total. The monoisotopic (exact) mass is 458 g/mol. The summed E-state index contributed by atoms with van der Waals surface area (Å²) in [5.74, 6) is -0.333. The van der Waals surface area contributed by atoms with E-state index in [1.807, 2.05) is 32.9 Å². The van der Waals surface area contributed by atoms with Gasteiger partial charge in [0.2, 0.25) is 11.8 Å². The van der Waals surface area contributed by atoms with Crippen molar-refractivity contribution in [3.05, 3.63) is 46.5 Å². The van der Waals surface area contributed by atoms with Gasteiger partial charge in [-0.1, -0.05) is 51.3 Å². The van der Waals surface area contributed by atoms with Gasteiger partial charge in [0.1, 0.15) is 6.54 Å². The van der Waals surface area contributed by atoms with E-state index in [2.05, 4.69) is 22.5 Å². The molecule has 0 aliphatic carbocycles. The molecular weight excluding hydrogens is 424 g/mol. The highest BCUT2D eigenvalue weighted by Crippen LogP contribution is 2.16. The third-order valence-corrected chi connectivity index (χ3v) is 5.55. The minimum Gasteiger partial charge on any atom is -0.356 e. The second kappa shape index (κ2) is 13.0. The summed E-state index contributed by atoms with van der Waals surface area (Å²) in [4.78, 5) is 43.4. The Morgan fingerprint density at radius 2 is 1.81 bits per heavy atom. The number of amides is 3. The van der Waals surface area contributed by atoms with Crippen molar-refractivity contribution in [2.75, 3.05) is 25.0 Å². The second-order valence-corrected chi connectivity index (χ2v) is 9.23. The van der Waals surface area contributed by atoms with Crippen LogP contribution in [0.4, 0.5) is 5.13 Å². The fourth-order valence-electron chi connectivity index (χ4n) is 3.15. The number of nitrogens with one attached hydrogen (secondary N) is 2. The van der Waals surface area contributed by atoms with E-state index in [0.717, 1.165) is 24.8 Å². The number of unbranched alkanes of at least 4 members (excludes halogenated alkanes) is 2. The standard InChI is InChI=1S/C24H34N4O3S/c1-5-6-7-12-25-21(29)13-20-16-32-24(26-20)27-22(30)15-28(14-17(2)3)23(31)19-10-8-18(4)9-11-19/h8-11,16-17H,5-7,12-15H2,1-4H3,(H,25,29)(H,26,27,30). The van der Waals surface area contributed by atoms with Gasteiger partial charge in [-0.05, 0) is 31.4 Å². The zero-order chi connectivity index (χ0) is 23.5. The molecule has 0 fully saturated rings. The number of nitrogens with zero attached hydrogens (tertiary/aromatic N) is 2. The van der Waals surface area contributed by atoms with Crippen molar-refractivity contribution < 1.29 is 14.4 Å². The van der Waals surface area contributed by atoms with Crippen LogP contribution in [0.2, 0.25) is 0 Å². The largest absolute Gasteiger partial charge is 0.356 e. The number of carbonyl (C=O) groups is 3. The molecule has 0 atom stereocenters. The van der Waals surface area contributed by atoms with Crippen LogP contribution >= 0.6 is 11.3 Å². The van der Waals surface area contributed by atoms with Crippen LogP contribution in [0.1, 0.15) is 61.6 Å². The lowest BCUT2D eigenvalue weighted by Crippen LogP contribution is -2.40. The lowest BCUT2D eigenvalue weighted by atomic mass is 10.1. The van der Waals surface area contributed by atoms with Gasteiger partial charge in [-0.15, -0.1) is 11.3 Å². The van der Waals surface area contributed by atoms with Crippen LogP contribution < -0.4 is 10.6 Å². The normalized spacial score (nSPS) is 10.8. The first-order valence-corrected chi connectivity index (χ1v) is 12.0. The fraction of sp³-hybridized carbons (Fsp3) is 0.500. The molecule has 1 heterocycles. The molecule has 2 aromatic rings. The predicted molar refractivity (Wildman–Crippen MR) is 129 cm³/mol. The van der Waals surface area contributed by atoms with Gasteiger partial charge in [0, 0.05) is 24.0 Å². The topological polar surface area (TPSA) is 91.4 Å². The molecule has 3 amide bonds. The van der Waals surface area contributed by atoms with E-state index in [9.17, 15) is 14.4 Å². The Labute approximate surface area is 194 Å². The first kappa shape index (κ1) is 25.5. The van der Waals surface area contributed by atoms with E-state index in [4.69, 9.17) is 0 Å². The first-order chi connectivity index (χ1) is 15.3. The Bertz CT molecular complexity index is 893. The van der Waals surface area contributed by atoms with Gasteiger partial charge >= 0.3 is 0 Å². The van der Waals surface area contributed by atoms with E-state index in [1.54, 1.807) is 22.4 Å². The zero-order valence-corrected chi connectivity index (χ0v) is 20.3. The molecule has 1 aromatic heterocycles. The number of anilines is 1. The lowest BCUT2D eigenvalue weighted by molar-refractivity contribution is -0.120. The van der Waals surface area contributed by atoms with E-state index in [-0.39, 0.29) is 36.6 Å². The van der Waals surface area contributed by atoms with Crippen molar-refractivity contribution in [1.29, 1.82) is 0 Å². The zero-order valence-electron chi connectivity index (χ0n) is 19.4. The Morgan fingerprint density at radius 3 is 2.47 bits per heavy atom. The summed E-state index contributed by atoms with van der Waals surface area (Å²) in [6.45, 7) is 9.18. The summed E-state index contributed by atoms with van der Waals surface area (Å²) < 4.78 is 0. The maximum Gasteiger partial charge on any atom is 0.254 e. The Morgan fingerprint density at radius 1 is 1.09 bits per heavy atom. The number of aromatic nitrogens is 1. The molecule has 2 N–H and O–H groups in total. The highest BCUT2D eigenvalue weighted by atomic mass is 32.1. The van der Waals surface area contributed by atoms with Crippen LogP contribution in [0.5, 0.6) is 0 Å². The summed E-state index contributed by atoms with van der Waals surface area (Å²) >= 11 is 1.27. The molecule has 0 aliphatic heterocycles. The first-order valence-electron chi connectivity index (χ1n) is 11.1. The third kappa shape index (κ3) is 8.78. The smallest absolute Gasteiger partial charge is 0.254 e. The van der Waals surface area contributed by atoms with Gasteiger partial charge in [0.25, 0.3) is 5.91 Å². The summed E-state index contributed by atoms with van der Waals surface area (Å²) in [5, 5.41) is 7.84. The van der Waals surface area contributed by atoms with Gasteiger partial charge in [-0.3, -0.25) is 14.4 Å². The number of thiazole rings is 1. The van der Waals surface area contributed by atoms with E-state index in [1.165, 1.54) is 11.3 Å². The quantitative estimate of drug-likeness (QED) is 0.470. The van der Waals surface area contributed by atoms with Gasteiger partial charge in [-0.2, -0.15) is 0 Å². The molecular formula is C24H34N4O3S. The number of benzene rings is 1. The Balaban J connectivity index is 1.92. The molecule has 0 saturated heterocycles. The third-order valence-electron chi connectivity index (χ3n) is 4.75. The molecule has 0 aliphatic rings. The maximum atomic E-state index is 12.9. The molecule has 174 valence electrons. The van der Waals surface area contributed by atoms with Gasteiger partial charge in [-0.25, -0.2) is 4.98 Å². The summed E-state index contributed by atoms with van der Waals surface area (Å²) in [6, 6.07) is 7.34. The molecule has 2 rings (SSSR count). The summed E-state index contributed by atoms with van der Waals surface area (Å²) in [7, 11) is 0. The van der Waals surface area contributed by atoms with Gasteiger partial charge in [0.05, 0.1) is 12.1 Å². The minimum absolute atomic E-state index is 0.0578. The SMILES string of the molecule is CCCCCNC(=O)Cc1csc(NC(=O)CN(CC(C)C)C(=O)c2ccc(C)cc2)n1. The van der Waals surface area contributed by atoms with Crippen LogP contribution in [0.15, 0.2) is 29.6 Å². The molecule has 0 unspecified atom stereocenters. The highest BCUT2D eigenvalue weighted by molar-refractivity contribution is 7.13. The van der Waals surface area contributed by atoms with Gasteiger partial charge in [0.15, 0.2) is 5.13 Å². The average Bonchev–Trinajstić information content (AvgIpc) is 3.16. The average molecular weight is 459 g/mol. The van der Waals surface area contributed by atoms with E-state index < -0.39 is 0 Å². The molecule has 0 spiro atoms. The fourth-order valence-corrected chi connectivity index (χ4v) is 3.87. The van der Waals surface area contributed by atoms with Crippen molar-refractivity contribution in [2.45, 2.75) is 53.4 Å². The van der Waals surface area contributed by atoms with Crippen molar-refractivity contribution >= 4 is 34.2 Å². The van der Waals surface area contributed by atoms with Crippen molar-refractivity contribution in [2.24, 2.45) is 5.92 Å². The minimum atomic E-state index is -0.309. The van der Waals surface area contributed by atoms with Crippen LogP contribution in [0.25, 0.3) is 0 Å². The predicted octanol–water partition coefficient (Wildman–Crippen LogP) is 4.04. The van der Waals surface area contributed by atoms with Crippen LogP contribution in [0, 0.1) is 12.8 Å². The molecule has 8 heteroatoms. The lowest BCUT2D eigenvalue weighted by Gasteiger charge is -2.24. The molecule has 32 heavy (non-hydrogen) atoms. The van der Waals surface area contributed by atoms with E-state index >= 15 is 0 Å². The second-order valence-electron chi connectivity index (χ2n) is 8.37. The number of hydrogen-bond acceptors (Lipinski definition) is 5. The number of rotatable bonds is 12. The van der Waals surface area contributed by atoms with Crippen LogP contribution in [0.3, 0.4) is 0 Å². The molecule has 0 radical (unpaired) electrons. The Kier molecular flexibility index (Phi) is 10.3. The van der Waals surface area contributed by atoms with Crippen molar-refractivity contribution in [3.8, 4) is 0 Å². The molecule has 1 aromatic carbocycles. The van der Waals surface area contributed by atoms with Crippen LogP contribution in [-0.4, -0.2) is 47.2 Å². The molecule has 0 saturated carbocycles. The highest BCUT2D eigenvalue weighted by Gasteiger charge is 2.20. The van der Waals surface area contributed by atoms with E-state index in [0.29, 0.717) is 29.5 Å². The molecule has 0 bridgehead atoms. The summed E-state index contributed by atoms with van der Waals surface area (Å²) in [6.07, 6.45) is 3.35. The van der Waals surface area contributed by atoms with Gasteiger partial charge < -0.3 is 15.5 Å². The Hall–Kier alpha value is -2.74. The maximum absolute atomic E-state index is 12.9. The van der Waals surface area contributed by atoms with Crippen LogP contribution in [-0.2, 0) is 16.0 Å².